The maximum atomic E-state index is 12.1. The molecule has 2 aromatic rings. The zero-order valence-corrected chi connectivity index (χ0v) is 14.4. The SMILES string of the molecule is COc1ccc(C=NNC(=O)c2cccc([N+](=O)[O-])c2)c(OC)c1OC. The number of hydrogen-bond donors (Lipinski definition) is 1. The maximum absolute atomic E-state index is 12.1. The molecule has 0 atom stereocenters. The average molecular weight is 359 g/mol. The molecule has 2 rings (SSSR count). The highest BCUT2D eigenvalue weighted by atomic mass is 16.6. The number of methoxy groups -OCH3 is 3. The zero-order valence-electron chi connectivity index (χ0n) is 14.4. The van der Waals surface area contributed by atoms with Gasteiger partial charge in [-0.2, -0.15) is 5.10 Å². The fourth-order valence-electron chi connectivity index (χ4n) is 2.21. The largest absolute Gasteiger partial charge is 0.493 e. The van der Waals surface area contributed by atoms with Gasteiger partial charge in [0.15, 0.2) is 11.5 Å². The molecule has 26 heavy (non-hydrogen) atoms. The van der Waals surface area contributed by atoms with Crippen molar-refractivity contribution in [1.82, 2.24) is 5.43 Å². The van der Waals surface area contributed by atoms with Gasteiger partial charge in [0, 0.05) is 23.3 Å². The number of nitrogens with zero attached hydrogens (tertiary/aromatic N) is 2. The summed E-state index contributed by atoms with van der Waals surface area (Å²) in [5.41, 5.74) is 2.80. The van der Waals surface area contributed by atoms with Gasteiger partial charge in [0.2, 0.25) is 5.75 Å². The number of carbonyl (C=O) groups excluding carboxylic acids is 1. The first kappa shape index (κ1) is 18.7. The van der Waals surface area contributed by atoms with Gasteiger partial charge in [-0.15, -0.1) is 0 Å². The van der Waals surface area contributed by atoms with Gasteiger partial charge in [-0.3, -0.25) is 14.9 Å². The second-order valence-electron chi connectivity index (χ2n) is 4.93. The van der Waals surface area contributed by atoms with E-state index in [-0.39, 0.29) is 11.3 Å². The van der Waals surface area contributed by atoms with Crippen LogP contribution in [-0.4, -0.2) is 38.4 Å². The number of hydrazone groups is 1. The van der Waals surface area contributed by atoms with Crippen LogP contribution in [0, 0.1) is 10.1 Å². The van der Waals surface area contributed by atoms with Gasteiger partial charge < -0.3 is 14.2 Å². The third-order valence-electron chi connectivity index (χ3n) is 3.42. The Kier molecular flexibility index (Phi) is 6.10. The summed E-state index contributed by atoms with van der Waals surface area (Å²) >= 11 is 0. The molecule has 0 heterocycles. The highest BCUT2D eigenvalue weighted by Crippen LogP contribution is 2.38. The average Bonchev–Trinajstić information content (AvgIpc) is 2.67. The van der Waals surface area contributed by atoms with Crippen LogP contribution in [0.1, 0.15) is 15.9 Å². The lowest BCUT2D eigenvalue weighted by Gasteiger charge is -2.13. The van der Waals surface area contributed by atoms with Crippen molar-refractivity contribution >= 4 is 17.8 Å². The van der Waals surface area contributed by atoms with Crippen LogP contribution in [0.2, 0.25) is 0 Å². The molecule has 0 aliphatic heterocycles. The van der Waals surface area contributed by atoms with Crippen molar-refractivity contribution in [3.05, 3.63) is 57.6 Å². The number of nitro benzene ring substituents is 1. The Bertz CT molecular complexity index is 850. The van der Waals surface area contributed by atoms with E-state index in [1.54, 1.807) is 12.1 Å². The molecule has 0 radical (unpaired) electrons. The minimum Gasteiger partial charge on any atom is -0.493 e. The fraction of sp³-hybridized carbons (Fsp3) is 0.176. The number of hydrogen-bond acceptors (Lipinski definition) is 7. The van der Waals surface area contributed by atoms with E-state index in [2.05, 4.69) is 10.5 Å². The molecule has 0 aromatic heterocycles. The van der Waals surface area contributed by atoms with E-state index >= 15 is 0 Å². The molecule has 0 saturated heterocycles. The van der Waals surface area contributed by atoms with E-state index in [0.717, 1.165) is 0 Å². The lowest BCUT2D eigenvalue weighted by atomic mass is 10.2. The molecule has 0 aliphatic carbocycles. The number of rotatable bonds is 7. The molecule has 0 spiro atoms. The molecule has 1 amide bonds. The highest BCUT2D eigenvalue weighted by molar-refractivity contribution is 5.95. The number of ether oxygens (including phenoxy) is 3. The number of nitro groups is 1. The standard InChI is InChI=1S/C17H17N3O6/c1-24-14-8-7-12(15(25-2)16(14)26-3)10-18-19-17(21)11-5-4-6-13(9-11)20(22)23/h4-10H,1-3H3,(H,19,21). The summed E-state index contributed by atoms with van der Waals surface area (Å²) in [5, 5.41) is 14.6. The fourth-order valence-corrected chi connectivity index (χ4v) is 2.21. The van der Waals surface area contributed by atoms with Crippen molar-refractivity contribution in [3.8, 4) is 17.2 Å². The van der Waals surface area contributed by atoms with Crippen LogP contribution in [-0.2, 0) is 0 Å². The van der Waals surface area contributed by atoms with Crippen molar-refractivity contribution in [2.75, 3.05) is 21.3 Å². The minimum atomic E-state index is -0.579. The zero-order chi connectivity index (χ0) is 19.1. The van der Waals surface area contributed by atoms with E-state index in [1.165, 1.54) is 51.8 Å². The van der Waals surface area contributed by atoms with Gasteiger partial charge in [0.1, 0.15) is 0 Å². The summed E-state index contributed by atoms with van der Waals surface area (Å²) in [6, 6.07) is 8.70. The molecule has 0 fully saturated rings. The molecule has 136 valence electrons. The quantitative estimate of drug-likeness (QED) is 0.461. The van der Waals surface area contributed by atoms with Gasteiger partial charge in [-0.1, -0.05) is 6.07 Å². The number of nitrogens with one attached hydrogen (secondary N) is 1. The summed E-state index contributed by atoms with van der Waals surface area (Å²) in [6.45, 7) is 0. The predicted octanol–water partition coefficient (Wildman–Crippen LogP) is 2.38. The Morgan fingerprint density at radius 1 is 1.12 bits per heavy atom. The van der Waals surface area contributed by atoms with E-state index in [4.69, 9.17) is 14.2 Å². The normalized spacial score (nSPS) is 10.4. The Morgan fingerprint density at radius 2 is 1.85 bits per heavy atom. The monoisotopic (exact) mass is 359 g/mol. The summed E-state index contributed by atoms with van der Waals surface area (Å²) < 4.78 is 15.8. The van der Waals surface area contributed by atoms with Crippen molar-refractivity contribution in [2.24, 2.45) is 5.10 Å². The van der Waals surface area contributed by atoms with Crippen LogP contribution in [0.25, 0.3) is 0 Å². The molecule has 0 aliphatic rings. The molecule has 2 aromatic carbocycles. The van der Waals surface area contributed by atoms with Crippen molar-refractivity contribution in [3.63, 3.8) is 0 Å². The van der Waals surface area contributed by atoms with E-state index in [0.29, 0.717) is 22.8 Å². The number of non-ortho nitro benzene ring substituents is 1. The number of amides is 1. The molecule has 9 nitrogen and oxygen atoms in total. The lowest BCUT2D eigenvalue weighted by Crippen LogP contribution is -2.17. The first-order chi connectivity index (χ1) is 12.5. The van der Waals surface area contributed by atoms with Crippen LogP contribution in [0.5, 0.6) is 17.2 Å². The highest BCUT2D eigenvalue weighted by Gasteiger charge is 2.15. The van der Waals surface area contributed by atoms with Crippen molar-refractivity contribution in [2.45, 2.75) is 0 Å². The Balaban J connectivity index is 2.19. The topological polar surface area (TPSA) is 112 Å². The Morgan fingerprint density at radius 3 is 2.46 bits per heavy atom. The molecular weight excluding hydrogens is 342 g/mol. The van der Waals surface area contributed by atoms with Crippen molar-refractivity contribution < 1.29 is 23.9 Å². The van der Waals surface area contributed by atoms with Gasteiger partial charge in [0.25, 0.3) is 11.6 Å². The van der Waals surface area contributed by atoms with Crippen LogP contribution in [0.4, 0.5) is 5.69 Å². The van der Waals surface area contributed by atoms with Gasteiger partial charge in [-0.25, -0.2) is 5.43 Å². The lowest BCUT2D eigenvalue weighted by molar-refractivity contribution is -0.384. The second-order valence-corrected chi connectivity index (χ2v) is 4.93. The Labute approximate surface area is 149 Å². The molecule has 0 saturated carbocycles. The van der Waals surface area contributed by atoms with Gasteiger partial charge >= 0.3 is 0 Å². The van der Waals surface area contributed by atoms with Crippen LogP contribution in [0.15, 0.2) is 41.5 Å². The van der Waals surface area contributed by atoms with Gasteiger partial charge in [-0.05, 0) is 18.2 Å². The van der Waals surface area contributed by atoms with E-state index < -0.39 is 10.8 Å². The van der Waals surface area contributed by atoms with Crippen molar-refractivity contribution in [1.29, 1.82) is 0 Å². The number of carbonyl (C=O) groups is 1. The molecule has 9 heteroatoms. The maximum Gasteiger partial charge on any atom is 0.271 e. The Hall–Kier alpha value is -3.62. The molecular formula is C17H17N3O6. The molecule has 1 N–H and O–H groups in total. The second kappa shape index (κ2) is 8.47. The minimum absolute atomic E-state index is 0.121. The first-order valence-electron chi connectivity index (χ1n) is 7.38. The van der Waals surface area contributed by atoms with Crippen LogP contribution in [0.3, 0.4) is 0 Å². The third-order valence-corrected chi connectivity index (χ3v) is 3.42. The van der Waals surface area contributed by atoms with Gasteiger partial charge in [0.05, 0.1) is 32.5 Å². The predicted molar refractivity (Wildman–Crippen MR) is 94.3 cm³/mol. The number of benzene rings is 2. The first-order valence-corrected chi connectivity index (χ1v) is 7.38. The van der Waals surface area contributed by atoms with Crippen LogP contribution >= 0.6 is 0 Å². The summed E-state index contributed by atoms with van der Waals surface area (Å²) in [6.07, 6.45) is 1.37. The van der Waals surface area contributed by atoms with E-state index in [9.17, 15) is 14.9 Å². The summed E-state index contributed by atoms with van der Waals surface area (Å²) in [4.78, 5) is 22.3. The molecule has 0 unspecified atom stereocenters. The van der Waals surface area contributed by atoms with E-state index in [1.807, 2.05) is 0 Å². The summed E-state index contributed by atoms with van der Waals surface area (Å²) in [5.74, 6) is 0.690. The van der Waals surface area contributed by atoms with Crippen LogP contribution < -0.4 is 19.6 Å². The summed E-state index contributed by atoms with van der Waals surface area (Å²) in [7, 11) is 4.45. The third kappa shape index (κ3) is 4.07. The smallest absolute Gasteiger partial charge is 0.271 e. The molecule has 0 bridgehead atoms.